The van der Waals surface area contributed by atoms with Crippen LogP contribution in [0.5, 0.6) is 0 Å². The molecule has 0 N–H and O–H groups in total. The van der Waals surface area contributed by atoms with Gasteiger partial charge in [0, 0.05) is 10.7 Å². The first kappa shape index (κ1) is 16.8. The highest BCUT2D eigenvalue weighted by atomic mass is 35.7. The molecule has 1 aromatic heterocycles. The van der Waals surface area contributed by atoms with Crippen molar-refractivity contribution in [1.82, 2.24) is 9.78 Å². The highest BCUT2D eigenvalue weighted by Gasteiger charge is 2.33. The predicted octanol–water partition coefficient (Wildman–Crippen LogP) is 2.89. The molecule has 2 heterocycles. The van der Waals surface area contributed by atoms with Crippen LogP contribution in [0.3, 0.4) is 0 Å². The summed E-state index contributed by atoms with van der Waals surface area (Å²) in [4.78, 5) is 0.187. The summed E-state index contributed by atoms with van der Waals surface area (Å²) in [6.45, 7) is 8.52. The molecular weight excluding hydrogens is 312 g/mol. The van der Waals surface area contributed by atoms with Crippen molar-refractivity contribution in [3.63, 3.8) is 0 Å². The van der Waals surface area contributed by atoms with E-state index >= 15 is 0 Å². The normalized spacial score (nSPS) is 21.9. The van der Waals surface area contributed by atoms with Gasteiger partial charge in [-0.2, -0.15) is 5.10 Å². The molecule has 7 heteroatoms. The summed E-state index contributed by atoms with van der Waals surface area (Å²) in [5, 5.41) is 4.45. The summed E-state index contributed by atoms with van der Waals surface area (Å²) in [5.74, 6) is 0. The van der Waals surface area contributed by atoms with Gasteiger partial charge in [-0.05, 0) is 39.5 Å². The summed E-state index contributed by atoms with van der Waals surface area (Å²) >= 11 is 0. The molecule has 0 aromatic carbocycles. The first-order chi connectivity index (χ1) is 9.68. The van der Waals surface area contributed by atoms with Crippen LogP contribution >= 0.6 is 10.7 Å². The van der Waals surface area contributed by atoms with Crippen molar-refractivity contribution in [2.75, 3.05) is 0 Å². The molecule has 0 spiro atoms. The number of nitrogens with zero attached hydrogens (tertiary/aromatic N) is 2. The largest absolute Gasteiger partial charge is 0.370 e. The molecule has 1 saturated heterocycles. The second-order valence-electron chi connectivity index (χ2n) is 6.09. The van der Waals surface area contributed by atoms with Gasteiger partial charge in [-0.25, -0.2) is 8.42 Å². The number of aryl methyl sites for hydroxylation is 1. The van der Waals surface area contributed by atoms with E-state index in [1.807, 2.05) is 13.8 Å². The topological polar surface area (TPSA) is 61.2 Å². The third-order valence-corrected chi connectivity index (χ3v) is 5.34. The maximum atomic E-state index is 11.8. The number of hydrogen-bond donors (Lipinski definition) is 0. The van der Waals surface area contributed by atoms with Crippen LogP contribution in [-0.2, 0) is 33.2 Å². The van der Waals surface area contributed by atoms with Crippen LogP contribution in [0, 0.1) is 0 Å². The van der Waals surface area contributed by atoms with Crippen LogP contribution < -0.4 is 0 Å². The van der Waals surface area contributed by atoms with Crippen molar-refractivity contribution >= 4 is 19.7 Å². The van der Waals surface area contributed by atoms with Crippen LogP contribution in [0.1, 0.15) is 51.9 Å². The zero-order valence-electron chi connectivity index (χ0n) is 13.0. The lowest BCUT2D eigenvalue weighted by Crippen LogP contribution is -2.24. The van der Waals surface area contributed by atoms with Crippen molar-refractivity contribution in [3.05, 3.63) is 11.4 Å². The van der Waals surface area contributed by atoms with E-state index in [2.05, 4.69) is 18.9 Å². The maximum Gasteiger partial charge on any atom is 0.264 e. The molecule has 1 atom stereocenters. The van der Waals surface area contributed by atoms with Crippen molar-refractivity contribution in [3.8, 4) is 0 Å². The molecule has 0 saturated carbocycles. The minimum Gasteiger partial charge on any atom is -0.370 e. The standard InChI is InChI=1S/C14H23ClN2O3S/c1-5-11-13(21(15,18)19)12(6-2)17(16-11)9-10-7-8-14(3,4)20-10/h10H,5-9H2,1-4H3. The summed E-state index contributed by atoms with van der Waals surface area (Å²) in [6, 6.07) is 0. The second-order valence-corrected chi connectivity index (χ2v) is 8.59. The Morgan fingerprint density at radius 3 is 2.48 bits per heavy atom. The zero-order chi connectivity index (χ0) is 15.8. The van der Waals surface area contributed by atoms with Crippen LogP contribution in [-0.4, -0.2) is 29.9 Å². The van der Waals surface area contributed by atoms with Crippen LogP contribution in [0.25, 0.3) is 0 Å². The summed E-state index contributed by atoms with van der Waals surface area (Å²) in [7, 11) is 1.81. The van der Waals surface area contributed by atoms with Gasteiger partial charge in [0.2, 0.25) is 0 Å². The van der Waals surface area contributed by atoms with Gasteiger partial charge < -0.3 is 4.74 Å². The summed E-state index contributed by atoms with van der Waals surface area (Å²) in [6.07, 6.45) is 3.14. The summed E-state index contributed by atoms with van der Waals surface area (Å²) < 4.78 is 31.4. The average Bonchev–Trinajstić information content (AvgIpc) is 2.89. The van der Waals surface area contributed by atoms with Gasteiger partial charge in [0.25, 0.3) is 9.05 Å². The first-order valence-electron chi connectivity index (χ1n) is 7.39. The third-order valence-electron chi connectivity index (χ3n) is 3.92. The SMILES string of the molecule is CCc1nn(CC2CCC(C)(C)O2)c(CC)c1S(=O)(=O)Cl. The number of ether oxygens (including phenoxy) is 1. The van der Waals surface area contributed by atoms with Crippen molar-refractivity contribution in [2.45, 2.75) is 76.5 Å². The number of halogens is 1. The molecular formula is C14H23ClN2O3S. The van der Waals surface area contributed by atoms with Crippen molar-refractivity contribution in [2.24, 2.45) is 0 Å². The van der Waals surface area contributed by atoms with E-state index in [1.54, 1.807) is 4.68 Å². The van der Waals surface area contributed by atoms with E-state index in [4.69, 9.17) is 15.4 Å². The Morgan fingerprint density at radius 1 is 1.38 bits per heavy atom. The molecule has 2 rings (SSSR count). The van der Waals surface area contributed by atoms with Crippen molar-refractivity contribution < 1.29 is 13.2 Å². The second kappa shape index (κ2) is 5.89. The van der Waals surface area contributed by atoms with Gasteiger partial charge in [0.05, 0.1) is 29.6 Å². The molecule has 0 amide bonds. The van der Waals surface area contributed by atoms with Gasteiger partial charge >= 0.3 is 0 Å². The van der Waals surface area contributed by atoms with Gasteiger partial charge in [0.15, 0.2) is 0 Å². The number of hydrogen-bond acceptors (Lipinski definition) is 4. The molecule has 0 aliphatic carbocycles. The van der Waals surface area contributed by atoms with E-state index < -0.39 is 9.05 Å². The lowest BCUT2D eigenvalue weighted by Gasteiger charge is -2.19. The monoisotopic (exact) mass is 334 g/mol. The Labute approximate surface area is 131 Å². The molecule has 1 unspecified atom stereocenters. The van der Waals surface area contributed by atoms with E-state index in [1.165, 1.54) is 0 Å². The lowest BCUT2D eigenvalue weighted by molar-refractivity contribution is -0.0233. The minimum atomic E-state index is -3.78. The van der Waals surface area contributed by atoms with Crippen LogP contribution in [0.4, 0.5) is 0 Å². The molecule has 5 nitrogen and oxygen atoms in total. The molecule has 1 aliphatic heterocycles. The Morgan fingerprint density at radius 2 is 2.05 bits per heavy atom. The highest BCUT2D eigenvalue weighted by Crippen LogP contribution is 2.31. The third kappa shape index (κ3) is 3.60. The fourth-order valence-electron chi connectivity index (χ4n) is 2.94. The average molecular weight is 335 g/mol. The quantitative estimate of drug-likeness (QED) is 0.777. The van der Waals surface area contributed by atoms with Gasteiger partial charge in [-0.15, -0.1) is 0 Å². The predicted molar refractivity (Wildman–Crippen MR) is 82.2 cm³/mol. The Kier molecular flexibility index (Phi) is 4.71. The molecule has 0 bridgehead atoms. The number of aromatic nitrogens is 2. The molecule has 0 radical (unpaired) electrons. The first-order valence-corrected chi connectivity index (χ1v) is 9.70. The van der Waals surface area contributed by atoms with Crippen molar-refractivity contribution in [1.29, 1.82) is 0 Å². The zero-order valence-corrected chi connectivity index (χ0v) is 14.6. The Hall–Kier alpha value is -0.590. The van der Waals surface area contributed by atoms with E-state index in [-0.39, 0.29) is 16.6 Å². The summed E-state index contributed by atoms with van der Waals surface area (Å²) in [5.41, 5.74) is 1.10. The van der Waals surface area contributed by atoms with Gasteiger partial charge in [-0.1, -0.05) is 13.8 Å². The van der Waals surface area contributed by atoms with Crippen LogP contribution in [0.15, 0.2) is 4.90 Å². The molecule has 1 fully saturated rings. The fourth-order valence-corrected chi connectivity index (χ4v) is 4.47. The molecule has 120 valence electrons. The van der Waals surface area contributed by atoms with E-state index in [9.17, 15) is 8.42 Å². The molecule has 1 aliphatic rings. The smallest absolute Gasteiger partial charge is 0.264 e. The molecule has 21 heavy (non-hydrogen) atoms. The minimum absolute atomic E-state index is 0.0702. The fraction of sp³-hybridized carbons (Fsp3) is 0.786. The highest BCUT2D eigenvalue weighted by molar-refractivity contribution is 8.13. The van der Waals surface area contributed by atoms with Crippen LogP contribution in [0.2, 0.25) is 0 Å². The van der Waals surface area contributed by atoms with Gasteiger partial charge in [-0.3, -0.25) is 4.68 Å². The van der Waals surface area contributed by atoms with E-state index in [0.29, 0.717) is 30.8 Å². The molecule has 1 aromatic rings. The van der Waals surface area contributed by atoms with E-state index in [0.717, 1.165) is 12.8 Å². The lowest BCUT2D eigenvalue weighted by atomic mass is 10.1. The number of rotatable bonds is 5. The Balaban J connectivity index is 2.35. The van der Waals surface area contributed by atoms with Gasteiger partial charge in [0.1, 0.15) is 4.90 Å². The Bertz CT molecular complexity index is 622. The maximum absolute atomic E-state index is 11.8.